The summed E-state index contributed by atoms with van der Waals surface area (Å²) in [5.41, 5.74) is 1.04. The molecule has 3 rings (SSSR count). The molecule has 0 aliphatic rings. The fourth-order valence-electron chi connectivity index (χ4n) is 2.33. The van der Waals surface area contributed by atoms with Gasteiger partial charge in [0.25, 0.3) is 5.91 Å². The zero-order chi connectivity index (χ0) is 18.5. The summed E-state index contributed by atoms with van der Waals surface area (Å²) in [7, 11) is 1.67. The zero-order valence-electron chi connectivity index (χ0n) is 14.7. The van der Waals surface area contributed by atoms with Gasteiger partial charge in [0.05, 0.1) is 13.2 Å². The monoisotopic (exact) mass is 357 g/mol. The van der Waals surface area contributed by atoms with E-state index >= 15 is 0 Å². The minimum atomic E-state index is -0.387. The normalized spacial score (nSPS) is 10.6. The molecule has 1 amide bonds. The Morgan fingerprint density at radius 2 is 1.92 bits per heavy atom. The van der Waals surface area contributed by atoms with Gasteiger partial charge in [-0.25, -0.2) is 0 Å². The van der Waals surface area contributed by atoms with E-state index < -0.39 is 0 Å². The molecule has 2 aromatic heterocycles. The van der Waals surface area contributed by atoms with Crippen molar-refractivity contribution in [3.05, 3.63) is 36.2 Å². The number of aryl methyl sites for hydroxylation is 1. The van der Waals surface area contributed by atoms with Gasteiger partial charge >= 0.3 is 6.01 Å². The number of carbonyl (C=O) groups excluding carboxylic acids is 1. The zero-order valence-corrected chi connectivity index (χ0v) is 14.7. The van der Waals surface area contributed by atoms with Gasteiger partial charge in [-0.05, 0) is 38.1 Å². The van der Waals surface area contributed by atoms with Crippen LogP contribution in [0.2, 0.25) is 0 Å². The van der Waals surface area contributed by atoms with E-state index in [0.29, 0.717) is 36.0 Å². The first-order valence-electron chi connectivity index (χ1n) is 8.15. The van der Waals surface area contributed by atoms with E-state index in [1.807, 2.05) is 13.8 Å². The number of aromatic nitrogens is 4. The molecule has 0 aliphatic heterocycles. The number of nitrogens with zero attached hydrogens (tertiary/aromatic N) is 4. The lowest BCUT2D eigenvalue weighted by molar-refractivity contribution is 0.101. The molecule has 2 heterocycles. The average Bonchev–Trinajstić information content (AvgIpc) is 3.26. The summed E-state index contributed by atoms with van der Waals surface area (Å²) in [5, 5.41) is 14.3. The second-order valence-electron chi connectivity index (χ2n) is 5.23. The van der Waals surface area contributed by atoms with E-state index in [9.17, 15) is 4.79 Å². The summed E-state index contributed by atoms with van der Waals surface area (Å²) in [6, 6.07) is 6.91. The van der Waals surface area contributed by atoms with Gasteiger partial charge in [0.2, 0.25) is 5.89 Å². The first-order valence-corrected chi connectivity index (χ1v) is 8.15. The van der Waals surface area contributed by atoms with Crippen LogP contribution in [0.5, 0.6) is 11.5 Å². The lowest BCUT2D eigenvalue weighted by Crippen LogP contribution is -2.16. The third kappa shape index (κ3) is 3.66. The number of ether oxygens (including phenoxy) is 2. The number of nitrogens with one attached hydrogen (secondary N) is 1. The standard InChI is InChI=1S/C17H19N5O4/c1-4-24-13-7-6-11(10-14(13)25-5-2)16-20-21-17(26-16)19-15(23)12-8-9-18-22(12)3/h6-10H,4-5H2,1-3H3,(H,19,21,23). The molecule has 0 radical (unpaired) electrons. The van der Waals surface area contributed by atoms with Crippen molar-refractivity contribution in [2.45, 2.75) is 13.8 Å². The molecule has 0 spiro atoms. The van der Waals surface area contributed by atoms with Crippen molar-refractivity contribution >= 4 is 11.9 Å². The molecule has 9 nitrogen and oxygen atoms in total. The molecule has 0 unspecified atom stereocenters. The van der Waals surface area contributed by atoms with Crippen LogP contribution >= 0.6 is 0 Å². The van der Waals surface area contributed by atoms with Crippen molar-refractivity contribution in [1.29, 1.82) is 0 Å². The van der Waals surface area contributed by atoms with Crippen LogP contribution in [-0.4, -0.2) is 39.1 Å². The molecular weight excluding hydrogens is 338 g/mol. The number of benzene rings is 1. The van der Waals surface area contributed by atoms with Gasteiger partial charge in [-0.1, -0.05) is 5.10 Å². The summed E-state index contributed by atoms with van der Waals surface area (Å²) >= 11 is 0. The van der Waals surface area contributed by atoms with E-state index in [-0.39, 0.29) is 17.8 Å². The van der Waals surface area contributed by atoms with Crippen molar-refractivity contribution in [2.24, 2.45) is 7.05 Å². The number of hydrogen-bond acceptors (Lipinski definition) is 7. The first kappa shape index (κ1) is 17.5. The lowest BCUT2D eigenvalue weighted by atomic mass is 10.2. The molecule has 136 valence electrons. The third-order valence-electron chi connectivity index (χ3n) is 3.49. The number of carbonyl (C=O) groups is 1. The molecule has 0 saturated heterocycles. The Morgan fingerprint density at radius 1 is 1.15 bits per heavy atom. The molecule has 0 fully saturated rings. The van der Waals surface area contributed by atoms with Crippen LogP contribution < -0.4 is 14.8 Å². The molecule has 1 N–H and O–H groups in total. The Bertz CT molecular complexity index is 902. The smallest absolute Gasteiger partial charge is 0.322 e. The molecule has 0 atom stereocenters. The third-order valence-corrected chi connectivity index (χ3v) is 3.49. The number of anilines is 1. The molecule has 9 heteroatoms. The Kier molecular flexibility index (Phi) is 5.16. The second kappa shape index (κ2) is 7.68. The van der Waals surface area contributed by atoms with Crippen molar-refractivity contribution < 1.29 is 18.7 Å². The van der Waals surface area contributed by atoms with Gasteiger partial charge in [0, 0.05) is 18.8 Å². The maximum absolute atomic E-state index is 12.2. The second-order valence-corrected chi connectivity index (χ2v) is 5.23. The summed E-state index contributed by atoms with van der Waals surface area (Å²) < 4.78 is 18.1. The Labute approximate surface area is 149 Å². The minimum Gasteiger partial charge on any atom is -0.490 e. The summed E-state index contributed by atoms with van der Waals surface area (Å²) in [5.74, 6) is 1.10. The number of hydrogen-bond donors (Lipinski definition) is 1. The van der Waals surface area contributed by atoms with Crippen LogP contribution in [0, 0.1) is 0 Å². The van der Waals surface area contributed by atoms with Gasteiger partial charge in [-0.3, -0.25) is 14.8 Å². The molecular formula is C17H19N5O4. The van der Waals surface area contributed by atoms with E-state index in [4.69, 9.17) is 13.9 Å². The topological polar surface area (TPSA) is 104 Å². The van der Waals surface area contributed by atoms with Crippen LogP contribution in [0.15, 0.2) is 34.9 Å². The first-order chi connectivity index (χ1) is 12.6. The van der Waals surface area contributed by atoms with Crippen molar-refractivity contribution in [1.82, 2.24) is 20.0 Å². The molecule has 1 aromatic carbocycles. The fraction of sp³-hybridized carbons (Fsp3) is 0.294. The van der Waals surface area contributed by atoms with Crippen molar-refractivity contribution in [3.8, 4) is 23.0 Å². The van der Waals surface area contributed by atoms with Crippen LogP contribution in [-0.2, 0) is 7.05 Å². The highest BCUT2D eigenvalue weighted by atomic mass is 16.5. The Balaban J connectivity index is 1.80. The fourth-order valence-corrected chi connectivity index (χ4v) is 2.33. The largest absolute Gasteiger partial charge is 0.490 e. The van der Waals surface area contributed by atoms with Crippen molar-refractivity contribution in [3.63, 3.8) is 0 Å². The lowest BCUT2D eigenvalue weighted by Gasteiger charge is -2.11. The quantitative estimate of drug-likeness (QED) is 0.693. The Morgan fingerprint density at radius 3 is 2.62 bits per heavy atom. The highest BCUT2D eigenvalue weighted by molar-refractivity contribution is 6.01. The van der Waals surface area contributed by atoms with E-state index in [0.717, 1.165) is 0 Å². The minimum absolute atomic E-state index is 0.00181. The van der Waals surface area contributed by atoms with Crippen LogP contribution in [0.4, 0.5) is 6.01 Å². The maximum atomic E-state index is 12.2. The summed E-state index contributed by atoms with van der Waals surface area (Å²) in [6.07, 6.45) is 1.53. The highest BCUT2D eigenvalue weighted by Crippen LogP contribution is 2.32. The van der Waals surface area contributed by atoms with Gasteiger partial charge in [-0.15, -0.1) is 5.10 Å². The SMILES string of the molecule is CCOc1ccc(-c2nnc(NC(=O)c3ccnn3C)o2)cc1OCC. The predicted molar refractivity (Wildman–Crippen MR) is 93.2 cm³/mol. The van der Waals surface area contributed by atoms with Gasteiger partial charge < -0.3 is 13.9 Å². The van der Waals surface area contributed by atoms with Gasteiger partial charge in [-0.2, -0.15) is 5.10 Å². The van der Waals surface area contributed by atoms with E-state index in [2.05, 4.69) is 20.6 Å². The van der Waals surface area contributed by atoms with Gasteiger partial charge in [0.15, 0.2) is 11.5 Å². The Hall–Kier alpha value is -3.36. The summed E-state index contributed by atoms with van der Waals surface area (Å²) in [4.78, 5) is 12.2. The van der Waals surface area contributed by atoms with Crippen molar-refractivity contribution in [2.75, 3.05) is 18.5 Å². The molecule has 26 heavy (non-hydrogen) atoms. The van der Waals surface area contributed by atoms with E-state index in [1.165, 1.54) is 10.9 Å². The average molecular weight is 357 g/mol. The van der Waals surface area contributed by atoms with Gasteiger partial charge in [0.1, 0.15) is 5.69 Å². The number of rotatable bonds is 7. The van der Waals surface area contributed by atoms with Crippen LogP contribution in [0.25, 0.3) is 11.5 Å². The maximum Gasteiger partial charge on any atom is 0.322 e. The number of amides is 1. The van der Waals surface area contributed by atoms with E-state index in [1.54, 1.807) is 31.3 Å². The molecule has 0 aliphatic carbocycles. The molecule has 0 saturated carbocycles. The predicted octanol–water partition coefficient (Wildman–Crippen LogP) is 2.52. The highest BCUT2D eigenvalue weighted by Gasteiger charge is 2.16. The molecule has 3 aromatic rings. The van der Waals surface area contributed by atoms with Crippen LogP contribution in [0.3, 0.4) is 0 Å². The summed E-state index contributed by atoms with van der Waals surface area (Å²) in [6.45, 7) is 4.82. The molecule has 0 bridgehead atoms. The van der Waals surface area contributed by atoms with Crippen LogP contribution in [0.1, 0.15) is 24.3 Å².